The van der Waals surface area contributed by atoms with Crippen LogP contribution in [0, 0.1) is 11.3 Å². The number of nitrogens with one attached hydrogen (secondary N) is 1. The zero-order valence-corrected chi connectivity index (χ0v) is 11.3. The van der Waals surface area contributed by atoms with Crippen LogP contribution in [0.1, 0.15) is 22.0 Å². The molecule has 2 aromatic rings. The second kappa shape index (κ2) is 6.07. The first kappa shape index (κ1) is 13.2. The standard InChI is InChI=1S/C13H9BrN4O/c14-11-3-1-9(2-4-11)12(5-15)18-13(19)10-6-16-8-17-7-10/h1-4,6-8,12H,(H,18,19). The summed E-state index contributed by atoms with van der Waals surface area (Å²) in [6.45, 7) is 0. The van der Waals surface area contributed by atoms with Gasteiger partial charge in [0.2, 0.25) is 0 Å². The van der Waals surface area contributed by atoms with Crippen molar-refractivity contribution >= 4 is 21.8 Å². The maximum Gasteiger partial charge on any atom is 0.255 e. The quantitative estimate of drug-likeness (QED) is 0.941. The second-order valence-electron chi connectivity index (χ2n) is 3.71. The minimum Gasteiger partial charge on any atom is -0.332 e. The van der Waals surface area contributed by atoms with Gasteiger partial charge in [-0.25, -0.2) is 9.97 Å². The number of benzene rings is 1. The van der Waals surface area contributed by atoms with Crippen LogP contribution in [-0.2, 0) is 0 Å². The highest BCUT2D eigenvalue weighted by Crippen LogP contribution is 2.16. The van der Waals surface area contributed by atoms with Gasteiger partial charge in [-0.05, 0) is 17.7 Å². The first-order valence-corrected chi connectivity index (χ1v) is 6.21. The summed E-state index contributed by atoms with van der Waals surface area (Å²) in [5.41, 5.74) is 1.04. The first-order chi connectivity index (χ1) is 9.20. The van der Waals surface area contributed by atoms with Gasteiger partial charge in [0.25, 0.3) is 5.91 Å². The van der Waals surface area contributed by atoms with E-state index in [9.17, 15) is 4.79 Å². The van der Waals surface area contributed by atoms with Gasteiger partial charge < -0.3 is 5.32 Å². The van der Waals surface area contributed by atoms with Crippen LogP contribution in [0.3, 0.4) is 0 Å². The highest BCUT2D eigenvalue weighted by molar-refractivity contribution is 9.10. The van der Waals surface area contributed by atoms with E-state index >= 15 is 0 Å². The summed E-state index contributed by atoms with van der Waals surface area (Å²) < 4.78 is 0.913. The Kier molecular flexibility index (Phi) is 4.21. The van der Waals surface area contributed by atoms with Crippen LogP contribution in [0.5, 0.6) is 0 Å². The van der Waals surface area contributed by atoms with E-state index in [2.05, 4.69) is 37.3 Å². The van der Waals surface area contributed by atoms with Gasteiger partial charge in [0.15, 0.2) is 0 Å². The van der Waals surface area contributed by atoms with Crippen molar-refractivity contribution < 1.29 is 4.79 Å². The van der Waals surface area contributed by atoms with Gasteiger partial charge in [-0.1, -0.05) is 28.1 Å². The van der Waals surface area contributed by atoms with Crippen molar-refractivity contribution in [1.29, 1.82) is 5.26 Å². The van der Waals surface area contributed by atoms with Crippen molar-refractivity contribution in [2.24, 2.45) is 0 Å². The van der Waals surface area contributed by atoms with Crippen molar-refractivity contribution in [3.63, 3.8) is 0 Å². The zero-order valence-electron chi connectivity index (χ0n) is 9.75. The lowest BCUT2D eigenvalue weighted by Crippen LogP contribution is -2.27. The van der Waals surface area contributed by atoms with Crippen LogP contribution in [0.4, 0.5) is 0 Å². The van der Waals surface area contributed by atoms with Crippen LogP contribution in [0.2, 0.25) is 0 Å². The molecule has 0 spiro atoms. The Labute approximate surface area is 118 Å². The van der Waals surface area contributed by atoms with E-state index in [-0.39, 0.29) is 5.91 Å². The average Bonchev–Trinajstić information content (AvgIpc) is 2.46. The van der Waals surface area contributed by atoms with Crippen LogP contribution in [0.25, 0.3) is 0 Å². The van der Waals surface area contributed by atoms with E-state index in [1.807, 2.05) is 12.1 Å². The minimum absolute atomic E-state index is 0.319. The molecule has 1 atom stereocenters. The number of aromatic nitrogens is 2. The van der Waals surface area contributed by atoms with E-state index in [4.69, 9.17) is 5.26 Å². The summed E-state index contributed by atoms with van der Waals surface area (Å²) in [7, 11) is 0. The monoisotopic (exact) mass is 316 g/mol. The van der Waals surface area contributed by atoms with E-state index < -0.39 is 6.04 Å². The lowest BCUT2D eigenvalue weighted by molar-refractivity contribution is 0.0944. The molecular formula is C13H9BrN4O. The third kappa shape index (κ3) is 3.36. The van der Waals surface area contributed by atoms with Crippen molar-refractivity contribution in [3.05, 3.63) is 58.6 Å². The van der Waals surface area contributed by atoms with Crippen molar-refractivity contribution in [3.8, 4) is 6.07 Å². The topological polar surface area (TPSA) is 78.7 Å². The average molecular weight is 317 g/mol. The Hall–Kier alpha value is -2.26. The molecule has 5 nitrogen and oxygen atoms in total. The normalized spacial score (nSPS) is 11.4. The van der Waals surface area contributed by atoms with Gasteiger partial charge >= 0.3 is 0 Å². The predicted molar refractivity (Wildman–Crippen MR) is 72.0 cm³/mol. The molecule has 0 radical (unpaired) electrons. The van der Waals surface area contributed by atoms with Gasteiger partial charge in [0.05, 0.1) is 11.6 Å². The van der Waals surface area contributed by atoms with Gasteiger partial charge in [-0.15, -0.1) is 0 Å². The summed E-state index contributed by atoms with van der Waals surface area (Å²) in [5.74, 6) is -0.380. The maximum atomic E-state index is 11.9. The Morgan fingerprint density at radius 3 is 2.47 bits per heavy atom. The SMILES string of the molecule is N#CC(NC(=O)c1cncnc1)c1ccc(Br)cc1. The molecule has 6 heteroatoms. The van der Waals surface area contributed by atoms with Crippen molar-refractivity contribution in [1.82, 2.24) is 15.3 Å². The fourth-order valence-corrected chi connectivity index (χ4v) is 1.74. The highest BCUT2D eigenvalue weighted by atomic mass is 79.9. The molecule has 1 N–H and O–H groups in total. The van der Waals surface area contributed by atoms with Crippen LogP contribution in [0.15, 0.2) is 47.5 Å². The molecule has 0 bridgehead atoms. The van der Waals surface area contributed by atoms with E-state index in [0.29, 0.717) is 5.56 Å². The zero-order chi connectivity index (χ0) is 13.7. The summed E-state index contributed by atoms with van der Waals surface area (Å²) in [4.78, 5) is 19.4. The minimum atomic E-state index is -0.708. The number of rotatable bonds is 3. The highest BCUT2D eigenvalue weighted by Gasteiger charge is 2.15. The van der Waals surface area contributed by atoms with Crippen LogP contribution >= 0.6 is 15.9 Å². The fourth-order valence-electron chi connectivity index (χ4n) is 1.48. The Morgan fingerprint density at radius 2 is 1.89 bits per heavy atom. The van der Waals surface area contributed by atoms with Crippen LogP contribution < -0.4 is 5.32 Å². The number of carbonyl (C=O) groups is 1. The molecule has 2 rings (SSSR count). The Morgan fingerprint density at radius 1 is 1.26 bits per heavy atom. The molecule has 1 amide bonds. The number of hydrogen-bond donors (Lipinski definition) is 1. The molecule has 0 saturated carbocycles. The van der Waals surface area contributed by atoms with E-state index in [0.717, 1.165) is 10.0 Å². The Bertz CT molecular complexity index is 607. The van der Waals surface area contributed by atoms with E-state index in [1.165, 1.54) is 18.7 Å². The van der Waals surface area contributed by atoms with Gasteiger partial charge in [0.1, 0.15) is 12.4 Å². The smallest absolute Gasteiger partial charge is 0.255 e. The number of nitriles is 1. The second-order valence-corrected chi connectivity index (χ2v) is 4.63. The maximum absolute atomic E-state index is 11.9. The van der Waals surface area contributed by atoms with Crippen LogP contribution in [-0.4, -0.2) is 15.9 Å². The molecular weight excluding hydrogens is 308 g/mol. The molecule has 1 heterocycles. The Balaban J connectivity index is 2.14. The number of carbonyl (C=O) groups excluding carboxylic acids is 1. The summed E-state index contributed by atoms with van der Waals surface area (Å²) >= 11 is 3.32. The molecule has 94 valence electrons. The molecule has 1 aromatic heterocycles. The lowest BCUT2D eigenvalue weighted by Gasteiger charge is -2.11. The molecule has 0 saturated heterocycles. The van der Waals surface area contributed by atoms with E-state index in [1.54, 1.807) is 12.1 Å². The number of halogens is 1. The summed E-state index contributed by atoms with van der Waals surface area (Å²) in [6, 6.07) is 8.53. The number of amides is 1. The molecule has 0 fully saturated rings. The van der Waals surface area contributed by atoms with Crippen molar-refractivity contribution in [2.75, 3.05) is 0 Å². The van der Waals surface area contributed by atoms with Gasteiger partial charge in [-0.2, -0.15) is 5.26 Å². The molecule has 1 aromatic carbocycles. The molecule has 1 unspecified atom stereocenters. The van der Waals surface area contributed by atoms with Gasteiger partial charge in [-0.3, -0.25) is 4.79 Å². The lowest BCUT2D eigenvalue weighted by atomic mass is 10.1. The molecule has 0 aliphatic carbocycles. The third-order valence-corrected chi connectivity index (χ3v) is 2.96. The molecule has 0 aliphatic rings. The molecule has 19 heavy (non-hydrogen) atoms. The molecule has 0 aliphatic heterocycles. The third-order valence-electron chi connectivity index (χ3n) is 2.43. The van der Waals surface area contributed by atoms with Gasteiger partial charge in [0, 0.05) is 16.9 Å². The summed E-state index contributed by atoms with van der Waals surface area (Å²) in [6.07, 6.45) is 4.14. The predicted octanol–water partition coefficient (Wildman–Crippen LogP) is 2.23. The largest absolute Gasteiger partial charge is 0.332 e. The number of nitrogens with zero attached hydrogens (tertiary/aromatic N) is 3. The number of hydrogen-bond acceptors (Lipinski definition) is 4. The first-order valence-electron chi connectivity index (χ1n) is 5.41. The summed E-state index contributed by atoms with van der Waals surface area (Å²) in [5, 5.41) is 11.8. The van der Waals surface area contributed by atoms with Crippen molar-refractivity contribution in [2.45, 2.75) is 6.04 Å². The fraction of sp³-hybridized carbons (Fsp3) is 0.0769.